The number of aliphatic hydroxyl groups excluding tert-OH is 1. The highest BCUT2D eigenvalue weighted by molar-refractivity contribution is 5.78. The third-order valence-electron chi connectivity index (χ3n) is 1.38. The number of rotatable bonds is 1. The van der Waals surface area contributed by atoms with Crippen molar-refractivity contribution in [1.29, 1.82) is 0 Å². The SMILES string of the molecule is C[C@@H](O)[C@H]1CC(=O)NN1. The molecule has 1 heterocycles. The Morgan fingerprint density at radius 2 is 2.56 bits per heavy atom. The van der Waals surface area contributed by atoms with Crippen molar-refractivity contribution < 1.29 is 9.90 Å². The molecule has 0 aromatic heterocycles. The predicted octanol–water partition coefficient (Wildman–Crippen LogP) is -1.24. The highest BCUT2D eigenvalue weighted by atomic mass is 16.3. The van der Waals surface area contributed by atoms with Gasteiger partial charge in [-0.15, -0.1) is 0 Å². The largest absolute Gasteiger partial charge is 0.392 e. The fourth-order valence-corrected chi connectivity index (χ4v) is 0.766. The molecule has 0 bridgehead atoms. The van der Waals surface area contributed by atoms with Crippen molar-refractivity contribution in [2.75, 3.05) is 0 Å². The van der Waals surface area contributed by atoms with Crippen LogP contribution in [0.5, 0.6) is 0 Å². The van der Waals surface area contributed by atoms with Crippen molar-refractivity contribution in [3.05, 3.63) is 0 Å². The van der Waals surface area contributed by atoms with Gasteiger partial charge < -0.3 is 5.11 Å². The number of amides is 1. The van der Waals surface area contributed by atoms with Crippen molar-refractivity contribution in [3.63, 3.8) is 0 Å². The van der Waals surface area contributed by atoms with Crippen LogP contribution in [0.1, 0.15) is 13.3 Å². The Kier molecular flexibility index (Phi) is 1.68. The molecule has 3 N–H and O–H groups in total. The Morgan fingerprint density at radius 1 is 1.89 bits per heavy atom. The van der Waals surface area contributed by atoms with Crippen LogP contribution in [-0.4, -0.2) is 23.2 Å². The molecule has 1 amide bonds. The summed E-state index contributed by atoms with van der Waals surface area (Å²) in [5.41, 5.74) is 5.06. The highest BCUT2D eigenvalue weighted by Crippen LogP contribution is 2.01. The number of aliphatic hydroxyl groups is 1. The normalized spacial score (nSPS) is 30.0. The average molecular weight is 130 g/mol. The van der Waals surface area contributed by atoms with Gasteiger partial charge in [0.2, 0.25) is 5.91 Å². The summed E-state index contributed by atoms with van der Waals surface area (Å²) >= 11 is 0. The molecule has 1 rings (SSSR count). The summed E-state index contributed by atoms with van der Waals surface area (Å²) in [5, 5.41) is 8.92. The number of hydrogen-bond acceptors (Lipinski definition) is 3. The Bertz CT molecular complexity index is 124. The lowest BCUT2D eigenvalue weighted by Crippen LogP contribution is -2.37. The van der Waals surface area contributed by atoms with E-state index in [9.17, 15) is 4.79 Å². The smallest absolute Gasteiger partial charge is 0.235 e. The molecule has 1 aliphatic rings. The number of carbonyl (C=O) groups excluding carboxylic acids is 1. The van der Waals surface area contributed by atoms with Gasteiger partial charge in [0.05, 0.1) is 12.1 Å². The fourth-order valence-electron chi connectivity index (χ4n) is 0.766. The Hall–Kier alpha value is -0.610. The summed E-state index contributed by atoms with van der Waals surface area (Å²) in [6.07, 6.45) is -0.0959. The van der Waals surface area contributed by atoms with E-state index in [1.165, 1.54) is 0 Å². The first-order valence-electron chi connectivity index (χ1n) is 2.92. The van der Waals surface area contributed by atoms with Gasteiger partial charge in [-0.1, -0.05) is 0 Å². The molecular weight excluding hydrogens is 120 g/mol. The van der Waals surface area contributed by atoms with Gasteiger partial charge in [-0.05, 0) is 6.92 Å². The van der Waals surface area contributed by atoms with Gasteiger partial charge in [0.25, 0.3) is 0 Å². The van der Waals surface area contributed by atoms with Crippen LogP contribution in [0.25, 0.3) is 0 Å². The van der Waals surface area contributed by atoms with Gasteiger partial charge in [-0.25, -0.2) is 5.43 Å². The van der Waals surface area contributed by atoms with Crippen molar-refractivity contribution in [1.82, 2.24) is 10.9 Å². The Morgan fingerprint density at radius 3 is 2.78 bits per heavy atom. The van der Waals surface area contributed by atoms with E-state index < -0.39 is 6.10 Å². The van der Waals surface area contributed by atoms with E-state index in [2.05, 4.69) is 10.9 Å². The molecule has 4 heteroatoms. The lowest BCUT2D eigenvalue weighted by Gasteiger charge is -2.09. The second-order valence-electron chi connectivity index (χ2n) is 2.24. The van der Waals surface area contributed by atoms with Crippen LogP contribution in [0.2, 0.25) is 0 Å². The van der Waals surface area contributed by atoms with Gasteiger partial charge in [0.15, 0.2) is 0 Å². The van der Waals surface area contributed by atoms with E-state index in [1.54, 1.807) is 6.92 Å². The van der Waals surface area contributed by atoms with E-state index in [4.69, 9.17) is 5.11 Å². The van der Waals surface area contributed by atoms with Crippen molar-refractivity contribution in [3.8, 4) is 0 Å². The summed E-state index contributed by atoms with van der Waals surface area (Å²) in [6.45, 7) is 1.65. The van der Waals surface area contributed by atoms with Gasteiger partial charge >= 0.3 is 0 Å². The van der Waals surface area contributed by atoms with Gasteiger partial charge in [-0.3, -0.25) is 10.2 Å². The van der Waals surface area contributed by atoms with E-state index in [1.807, 2.05) is 0 Å². The van der Waals surface area contributed by atoms with Crippen molar-refractivity contribution >= 4 is 5.91 Å². The molecule has 4 nitrogen and oxygen atoms in total. The maximum Gasteiger partial charge on any atom is 0.235 e. The predicted molar refractivity (Wildman–Crippen MR) is 31.4 cm³/mol. The minimum atomic E-state index is -0.469. The van der Waals surface area contributed by atoms with Gasteiger partial charge in [-0.2, -0.15) is 0 Å². The van der Waals surface area contributed by atoms with Crippen LogP contribution in [0.15, 0.2) is 0 Å². The summed E-state index contributed by atoms with van der Waals surface area (Å²) in [4.78, 5) is 10.5. The van der Waals surface area contributed by atoms with Crippen LogP contribution in [0.3, 0.4) is 0 Å². The third-order valence-corrected chi connectivity index (χ3v) is 1.38. The minimum absolute atomic E-state index is 0.0547. The maximum atomic E-state index is 10.5. The lowest BCUT2D eigenvalue weighted by atomic mass is 10.1. The quantitative estimate of drug-likeness (QED) is 0.416. The van der Waals surface area contributed by atoms with Crippen LogP contribution in [-0.2, 0) is 4.79 Å². The number of nitrogens with one attached hydrogen (secondary N) is 2. The Labute approximate surface area is 53.2 Å². The molecule has 0 aromatic rings. The molecule has 1 aliphatic heterocycles. The highest BCUT2D eigenvalue weighted by Gasteiger charge is 2.24. The molecule has 0 spiro atoms. The molecule has 52 valence electrons. The van der Waals surface area contributed by atoms with Crippen LogP contribution in [0.4, 0.5) is 0 Å². The molecule has 0 saturated carbocycles. The summed E-state index contributed by atoms with van der Waals surface area (Å²) < 4.78 is 0. The van der Waals surface area contributed by atoms with Gasteiger partial charge in [0.1, 0.15) is 0 Å². The number of hydrogen-bond donors (Lipinski definition) is 3. The zero-order chi connectivity index (χ0) is 6.85. The first-order valence-corrected chi connectivity index (χ1v) is 2.92. The number of hydrazine groups is 1. The molecule has 2 atom stereocenters. The minimum Gasteiger partial charge on any atom is -0.392 e. The van der Waals surface area contributed by atoms with Crippen LogP contribution >= 0.6 is 0 Å². The lowest BCUT2D eigenvalue weighted by molar-refractivity contribution is -0.119. The van der Waals surface area contributed by atoms with Crippen molar-refractivity contribution in [2.45, 2.75) is 25.5 Å². The molecule has 0 unspecified atom stereocenters. The zero-order valence-electron chi connectivity index (χ0n) is 5.22. The molecule has 0 aromatic carbocycles. The average Bonchev–Trinajstić information content (AvgIpc) is 2.14. The van der Waals surface area contributed by atoms with E-state index in [-0.39, 0.29) is 11.9 Å². The Balaban J connectivity index is 2.39. The third kappa shape index (κ3) is 1.40. The zero-order valence-corrected chi connectivity index (χ0v) is 5.22. The summed E-state index contributed by atoms with van der Waals surface area (Å²) in [6, 6.07) is -0.113. The topological polar surface area (TPSA) is 61.4 Å². The standard InChI is InChI=1S/C5H10N2O2/c1-3(8)4-2-5(9)7-6-4/h3-4,6,8H,2H2,1H3,(H,7,9)/t3-,4-/m1/s1. The summed E-state index contributed by atoms with van der Waals surface area (Å²) in [5.74, 6) is -0.0547. The molecule has 0 radical (unpaired) electrons. The second-order valence-corrected chi connectivity index (χ2v) is 2.24. The first-order chi connectivity index (χ1) is 4.20. The molecule has 0 aliphatic carbocycles. The van der Waals surface area contributed by atoms with E-state index in [0.29, 0.717) is 6.42 Å². The fraction of sp³-hybridized carbons (Fsp3) is 0.800. The summed E-state index contributed by atoms with van der Waals surface area (Å²) in [7, 11) is 0. The second kappa shape index (κ2) is 2.33. The van der Waals surface area contributed by atoms with Crippen molar-refractivity contribution in [2.24, 2.45) is 0 Å². The van der Waals surface area contributed by atoms with E-state index in [0.717, 1.165) is 0 Å². The molecule has 1 saturated heterocycles. The van der Waals surface area contributed by atoms with Crippen LogP contribution < -0.4 is 10.9 Å². The molecule has 1 fully saturated rings. The maximum absolute atomic E-state index is 10.5. The number of carbonyl (C=O) groups is 1. The first kappa shape index (κ1) is 6.51. The van der Waals surface area contributed by atoms with Crippen LogP contribution in [0, 0.1) is 0 Å². The molecular formula is C5H10N2O2. The van der Waals surface area contributed by atoms with E-state index >= 15 is 0 Å². The monoisotopic (exact) mass is 130 g/mol. The van der Waals surface area contributed by atoms with Gasteiger partial charge in [0, 0.05) is 6.42 Å². The molecule has 9 heavy (non-hydrogen) atoms.